The summed E-state index contributed by atoms with van der Waals surface area (Å²) in [5.41, 5.74) is 2.18. The Hall–Kier alpha value is -2.64. The lowest BCUT2D eigenvalue weighted by atomic mass is 9.92. The first-order chi connectivity index (χ1) is 16.7. The maximum absolute atomic E-state index is 12.7. The molecule has 1 aliphatic rings. The van der Waals surface area contributed by atoms with Crippen molar-refractivity contribution in [1.82, 2.24) is 14.8 Å². The van der Waals surface area contributed by atoms with Gasteiger partial charge in [-0.15, -0.1) is 0 Å². The molecule has 1 aliphatic heterocycles. The Bertz CT molecular complexity index is 1020. The predicted molar refractivity (Wildman–Crippen MR) is 140 cm³/mol. The summed E-state index contributed by atoms with van der Waals surface area (Å²) < 4.78 is 0. The Morgan fingerprint density at radius 1 is 1.17 bits per heavy atom. The number of hydrogen-bond acceptors (Lipinski definition) is 5. The Morgan fingerprint density at radius 3 is 2.51 bits per heavy atom. The van der Waals surface area contributed by atoms with E-state index in [2.05, 4.69) is 16.8 Å². The fraction of sp³-hybridized carbons (Fsp3) is 0.519. The van der Waals surface area contributed by atoms with Crippen LogP contribution in [0.1, 0.15) is 60.2 Å². The van der Waals surface area contributed by atoms with E-state index in [0.29, 0.717) is 23.6 Å². The van der Waals surface area contributed by atoms with Crippen LogP contribution in [-0.4, -0.2) is 72.5 Å². The van der Waals surface area contributed by atoms with Gasteiger partial charge in [-0.3, -0.25) is 9.59 Å². The number of nitrogens with zero attached hydrogens (tertiary/aromatic N) is 4. The first-order valence-electron chi connectivity index (χ1n) is 12.4. The van der Waals surface area contributed by atoms with E-state index in [0.717, 1.165) is 56.6 Å². The van der Waals surface area contributed by atoms with E-state index in [4.69, 9.17) is 11.6 Å². The molecule has 0 aliphatic carbocycles. The molecule has 1 aromatic carbocycles. The SMILES string of the molecule is CCc1cccc(C(O)C(=O)N(C)CCCC2CCN(c3ccc(C(=O)N(C)C)c(Cl)n3)CC2)c1. The molecule has 0 saturated carbocycles. The normalized spacial score (nSPS) is 15.1. The van der Waals surface area contributed by atoms with E-state index >= 15 is 0 Å². The Labute approximate surface area is 213 Å². The van der Waals surface area contributed by atoms with E-state index < -0.39 is 6.10 Å². The number of likely N-dealkylation sites (N-methyl/N-ethyl adjacent to an activating group) is 1. The van der Waals surface area contributed by atoms with Crippen LogP contribution in [0.2, 0.25) is 5.15 Å². The third-order valence-corrected chi connectivity index (χ3v) is 7.09. The van der Waals surface area contributed by atoms with Gasteiger partial charge < -0.3 is 19.8 Å². The smallest absolute Gasteiger partial charge is 0.256 e. The number of carbonyl (C=O) groups excluding carboxylic acids is 2. The fourth-order valence-electron chi connectivity index (χ4n) is 4.51. The zero-order valence-corrected chi connectivity index (χ0v) is 22.0. The van der Waals surface area contributed by atoms with Gasteiger partial charge in [0.15, 0.2) is 6.10 Å². The van der Waals surface area contributed by atoms with Crippen molar-refractivity contribution in [1.29, 1.82) is 0 Å². The third-order valence-electron chi connectivity index (χ3n) is 6.80. The fourth-order valence-corrected chi connectivity index (χ4v) is 4.74. The molecular formula is C27H37ClN4O3. The van der Waals surface area contributed by atoms with Gasteiger partial charge in [0.2, 0.25) is 0 Å². The Balaban J connectivity index is 1.44. The highest BCUT2D eigenvalue weighted by molar-refractivity contribution is 6.32. The molecule has 2 amide bonds. The van der Waals surface area contributed by atoms with E-state index in [1.165, 1.54) is 4.90 Å². The van der Waals surface area contributed by atoms with Crippen LogP contribution in [0.25, 0.3) is 0 Å². The number of hydrogen-bond donors (Lipinski definition) is 1. The number of aromatic nitrogens is 1. The van der Waals surface area contributed by atoms with Gasteiger partial charge in [0.25, 0.3) is 11.8 Å². The number of rotatable bonds is 9. The van der Waals surface area contributed by atoms with Gasteiger partial charge in [0.05, 0.1) is 5.56 Å². The van der Waals surface area contributed by atoms with Gasteiger partial charge in [-0.05, 0) is 61.3 Å². The number of anilines is 1. The summed E-state index contributed by atoms with van der Waals surface area (Å²) >= 11 is 6.28. The molecule has 1 unspecified atom stereocenters. The Morgan fingerprint density at radius 2 is 1.89 bits per heavy atom. The standard InChI is InChI=1S/C27H37ClN4O3/c1-5-19-8-6-10-21(18-19)24(33)27(35)31(4)15-7-9-20-13-16-32(17-14-20)23-12-11-22(25(28)29-23)26(34)30(2)3/h6,8,10-12,18,20,24,33H,5,7,9,13-17H2,1-4H3. The van der Waals surface area contributed by atoms with Crippen LogP contribution in [0.15, 0.2) is 36.4 Å². The molecule has 1 N–H and O–H groups in total. The maximum atomic E-state index is 12.7. The second-order valence-corrected chi connectivity index (χ2v) is 9.90. The van der Waals surface area contributed by atoms with Gasteiger partial charge in [-0.1, -0.05) is 42.8 Å². The molecule has 35 heavy (non-hydrogen) atoms. The summed E-state index contributed by atoms with van der Waals surface area (Å²) in [7, 11) is 5.15. The second kappa shape index (κ2) is 12.4. The van der Waals surface area contributed by atoms with Crippen molar-refractivity contribution in [3.63, 3.8) is 0 Å². The van der Waals surface area contributed by atoms with Crippen molar-refractivity contribution >= 4 is 29.2 Å². The number of benzene rings is 1. The van der Waals surface area contributed by atoms with Crippen LogP contribution in [-0.2, 0) is 11.2 Å². The molecule has 3 rings (SSSR count). The highest BCUT2D eigenvalue weighted by atomic mass is 35.5. The van der Waals surface area contributed by atoms with Crippen LogP contribution in [0.3, 0.4) is 0 Å². The molecular weight excluding hydrogens is 464 g/mol. The summed E-state index contributed by atoms with van der Waals surface area (Å²) in [5, 5.41) is 10.8. The minimum atomic E-state index is -1.12. The minimum absolute atomic E-state index is 0.154. The predicted octanol–water partition coefficient (Wildman–Crippen LogP) is 4.19. The lowest BCUT2D eigenvalue weighted by Gasteiger charge is -2.33. The van der Waals surface area contributed by atoms with Crippen molar-refractivity contribution in [2.24, 2.45) is 5.92 Å². The zero-order chi connectivity index (χ0) is 25.5. The van der Waals surface area contributed by atoms with Crippen LogP contribution in [0.5, 0.6) is 0 Å². The van der Waals surface area contributed by atoms with Crippen LogP contribution in [0, 0.1) is 5.92 Å². The molecule has 190 valence electrons. The van der Waals surface area contributed by atoms with Gasteiger partial charge in [0, 0.05) is 40.8 Å². The molecule has 7 nitrogen and oxygen atoms in total. The molecule has 0 radical (unpaired) electrons. The number of aliphatic hydroxyl groups is 1. The molecule has 1 fully saturated rings. The van der Waals surface area contributed by atoms with E-state index in [9.17, 15) is 14.7 Å². The summed E-state index contributed by atoms with van der Waals surface area (Å²) in [6.07, 6.45) is 3.78. The zero-order valence-electron chi connectivity index (χ0n) is 21.2. The minimum Gasteiger partial charge on any atom is -0.378 e. The molecule has 0 spiro atoms. The highest BCUT2D eigenvalue weighted by Gasteiger charge is 2.24. The van der Waals surface area contributed by atoms with Crippen molar-refractivity contribution < 1.29 is 14.7 Å². The summed E-state index contributed by atoms with van der Waals surface area (Å²) in [6, 6.07) is 11.2. The monoisotopic (exact) mass is 500 g/mol. The number of amides is 2. The van der Waals surface area contributed by atoms with E-state index in [-0.39, 0.29) is 17.0 Å². The number of piperidine rings is 1. The van der Waals surface area contributed by atoms with Gasteiger partial charge in [0.1, 0.15) is 11.0 Å². The van der Waals surface area contributed by atoms with E-state index in [1.807, 2.05) is 24.3 Å². The number of aryl methyl sites for hydroxylation is 1. The summed E-state index contributed by atoms with van der Waals surface area (Å²) in [5.74, 6) is 0.978. The number of carbonyl (C=O) groups is 2. The maximum Gasteiger partial charge on any atom is 0.256 e. The summed E-state index contributed by atoms with van der Waals surface area (Å²) in [6.45, 7) is 4.45. The molecule has 1 aromatic heterocycles. The van der Waals surface area contributed by atoms with E-state index in [1.54, 1.807) is 38.2 Å². The average molecular weight is 501 g/mol. The number of aliphatic hydroxyl groups excluding tert-OH is 1. The molecule has 1 saturated heterocycles. The molecule has 2 aromatic rings. The van der Waals surface area contributed by atoms with Crippen molar-refractivity contribution in [3.05, 3.63) is 58.2 Å². The third kappa shape index (κ3) is 6.95. The lowest BCUT2D eigenvalue weighted by molar-refractivity contribution is -0.139. The van der Waals surface area contributed by atoms with Crippen LogP contribution >= 0.6 is 11.6 Å². The van der Waals surface area contributed by atoms with Crippen LogP contribution < -0.4 is 4.90 Å². The van der Waals surface area contributed by atoms with Crippen LogP contribution in [0.4, 0.5) is 5.82 Å². The Kier molecular flexibility index (Phi) is 9.52. The first kappa shape index (κ1) is 27.0. The average Bonchev–Trinajstić information content (AvgIpc) is 2.87. The highest BCUT2D eigenvalue weighted by Crippen LogP contribution is 2.27. The number of pyridine rings is 1. The molecule has 1 atom stereocenters. The van der Waals surface area contributed by atoms with Crippen molar-refractivity contribution in [3.8, 4) is 0 Å². The lowest BCUT2D eigenvalue weighted by Crippen LogP contribution is -2.35. The van der Waals surface area contributed by atoms with Gasteiger partial charge in [-0.2, -0.15) is 0 Å². The molecule has 8 heteroatoms. The van der Waals surface area contributed by atoms with Crippen molar-refractivity contribution in [2.45, 2.75) is 45.1 Å². The first-order valence-corrected chi connectivity index (χ1v) is 12.7. The second-order valence-electron chi connectivity index (χ2n) is 9.54. The number of halogens is 1. The van der Waals surface area contributed by atoms with Gasteiger partial charge in [-0.25, -0.2) is 4.98 Å². The molecule has 0 bridgehead atoms. The summed E-state index contributed by atoms with van der Waals surface area (Å²) in [4.78, 5) is 34.7. The van der Waals surface area contributed by atoms with Gasteiger partial charge >= 0.3 is 0 Å². The quantitative estimate of drug-likeness (QED) is 0.522. The largest absolute Gasteiger partial charge is 0.378 e. The molecule has 2 heterocycles. The van der Waals surface area contributed by atoms with Crippen molar-refractivity contribution in [2.75, 3.05) is 45.7 Å². The topological polar surface area (TPSA) is 77.0 Å².